The van der Waals surface area contributed by atoms with Gasteiger partial charge in [-0.25, -0.2) is 0 Å². The molecule has 0 aliphatic heterocycles. The highest BCUT2D eigenvalue weighted by atomic mass is 32.2. The number of aromatic nitrogens is 2. The van der Waals surface area contributed by atoms with Crippen molar-refractivity contribution < 1.29 is 22.1 Å². The van der Waals surface area contributed by atoms with Crippen LogP contribution >= 0.6 is 0 Å². The fourth-order valence-corrected chi connectivity index (χ4v) is 4.94. The van der Waals surface area contributed by atoms with Crippen LogP contribution in [0.1, 0.15) is 23.9 Å². The molecule has 0 aliphatic carbocycles. The molecule has 9 nitrogen and oxygen atoms in total. The number of ether oxygens (including phenoxy) is 1. The van der Waals surface area contributed by atoms with E-state index >= 15 is 0 Å². The van der Waals surface area contributed by atoms with E-state index in [1.54, 1.807) is 54.9 Å². The predicted molar refractivity (Wildman–Crippen MR) is 147 cm³/mol. The zero-order valence-corrected chi connectivity index (χ0v) is 22.4. The van der Waals surface area contributed by atoms with Crippen molar-refractivity contribution in [2.45, 2.75) is 31.5 Å². The number of nitrogens with zero attached hydrogens (tertiary/aromatic N) is 3. The molecule has 202 valence electrons. The molecule has 0 spiro atoms. The van der Waals surface area contributed by atoms with Crippen LogP contribution < -0.4 is 10.1 Å². The Morgan fingerprint density at radius 3 is 2.05 bits per heavy atom. The third kappa shape index (κ3) is 8.71. The summed E-state index contributed by atoms with van der Waals surface area (Å²) in [6.07, 6.45) is 3.53. The Hall–Kier alpha value is -4.12. The fraction of sp³-hybridized carbons (Fsp3) is 0.207. The molecule has 2 heterocycles. The standard InChI is InChI=1S/C29H30N4O5S/c1-23(34)38-27-14-12-24(13-15-27)22-37-39(35,36)29-11-3-2-10-28(29)32-18-19-33(20-25-8-4-6-16-30-25)21-26-9-5-7-17-31-26/h2-17,32H,18-22H2,1H3. The lowest BCUT2D eigenvalue weighted by atomic mass is 10.2. The molecule has 0 saturated carbocycles. The van der Waals surface area contributed by atoms with E-state index in [9.17, 15) is 13.2 Å². The van der Waals surface area contributed by atoms with Crippen molar-refractivity contribution in [3.63, 3.8) is 0 Å². The number of hydrogen-bond acceptors (Lipinski definition) is 9. The van der Waals surface area contributed by atoms with Crippen molar-refractivity contribution in [3.05, 3.63) is 114 Å². The molecule has 0 unspecified atom stereocenters. The first-order valence-electron chi connectivity index (χ1n) is 12.4. The summed E-state index contributed by atoms with van der Waals surface area (Å²) in [7, 11) is -4.05. The van der Waals surface area contributed by atoms with Gasteiger partial charge in [0.05, 0.1) is 23.7 Å². The number of rotatable bonds is 13. The third-order valence-corrected chi connectivity index (χ3v) is 7.01. The van der Waals surface area contributed by atoms with E-state index in [0.29, 0.717) is 43.2 Å². The average molecular weight is 547 g/mol. The topological polar surface area (TPSA) is 111 Å². The summed E-state index contributed by atoms with van der Waals surface area (Å²) in [5.41, 5.74) is 2.95. The minimum Gasteiger partial charge on any atom is -0.427 e. The van der Waals surface area contributed by atoms with Crippen molar-refractivity contribution in [2.75, 3.05) is 18.4 Å². The SMILES string of the molecule is CC(=O)Oc1ccc(COS(=O)(=O)c2ccccc2NCCN(Cc2ccccn2)Cc2ccccn2)cc1. The first-order valence-corrected chi connectivity index (χ1v) is 13.8. The Morgan fingerprint density at radius 2 is 1.46 bits per heavy atom. The second-order valence-corrected chi connectivity index (χ2v) is 10.3. The Balaban J connectivity index is 1.39. The van der Waals surface area contributed by atoms with Crippen LogP contribution in [-0.2, 0) is 38.8 Å². The first-order chi connectivity index (χ1) is 18.9. The minimum atomic E-state index is -4.05. The van der Waals surface area contributed by atoms with Gasteiger partial charge >= 0.3 is 5.97 Å². The lowest BCUT2D eigenvalue weighted by Gasteiger charge is -2.22. The van der Waals surface area contributed by atoms with E-state index in [-0.39, 0.29) is 11.5 Å². The molecule has 0 fully saturated rings. The highest BCUT2D eigenvalue weighted by Crippen LogP contribution is 2.24. The average Bonchev–Trinajstić information content (AvgIpc) is 2.94. The molecule has 4 rings (SSSR count). The van der Waals surface area contributed by atoms with Gasteiger partial charge in [-0.2, -0.15) is 8.42 Å². The van der Waals surface area contributed by atoms with Crippen LogP contribution in [0, 0.1) is 0 Å². The molecular formula is C29H30N4O5S. The van der Waals surface area contributed by atoms with E-state index in [0.717, 1.165) is 11.4 Å². The third-order valence-electron chi connectivity index (χ3n) is 5.69. The second kappa shape index (κ2) is 13.6. The maximum atomic E-state index is 13.1. The van der Waals surface area contributed by atoms with E-state index in [1.807, 2.05) is 36.4 Å². The summed E-state index contributed by atoms with van der Waals surface area (Å²) < 4.78 is 36.5. The van der Waals surface area contributed by atoms with Gasteiger partial charge in [0.15, 0.2) is 0 Å². The van der Waals surface area contributed by atoms with Crippen LogP contribution in [0.25, 0.3) is 0 Å². The molecule has 2 aromatic carbocycles. The number of carbonyl (C=O) groups is 1. The van der Waals surface area contributed by atoms with Crippen molar-refractivity contribution in [3.8, 4) is 5.75 Å². The van der Waals surface area contributed by atoms with Gasteiger partial charge < -0.3 is 10.1 Å². The molecule has 0 amide bonds. The largest absolute Gasteiger partial charge is 0.427 e. The van der Waals surface area contributed by atoms with Crippen LogP contribution in [0.15, 0.2) is 102 Å². The van der Waals surface area contributed by atoms with E-state index in [1.165, 1.54) is 13.0 Å². The summed E-state index contributed by atoms with van der Waals surface area (Å²) in [6, 6.07) is 24.7. The monoisotopic (exact) mass is 546 g/mol. The summed E-state index contributed by atoms with van der Waals surface area (Å²) in [6.45, 7) is 3.52. The van der Waals surface area contributed by atoms with Crippen LogP contribution in [0.2, 0.25) is 0 Å². The summed E-state index contributed by atoms with van der Waals surface area (Å²) >= 11 is 0. The number of anilines is 1. The fourth-order valence-electron chi connectivity index (χ4n) is 3.86. The molecule has 0 aliphatic rings. The number of nitrogens with one attached hydrogen (secondary N) is 1. The van der Waals surface area contributed by atoms with Gasteiger partial charge in [0, 0.05) is 45.5 Å². The highest BCUT2D eigenvalue weighted by molar-refractivity contribution is 7.87. The van der Waals surface area contributed by atoms with Crippen molar-refractivity contribution in [2.24, 2.45) is 0 Å². The number of esters is 1. The van der Waals surface area contributed by atoms with Gasteiger partial charge in [-0.3, -0.25) is 23.8 Å². The van der Waals surface area contributed by atoms with E-state index < -0.39 is 16.1 Å². The van der Waals surface area contributed by atoms with Gasteiger partial charge in [0.2, 0.25) is 0 Å². The summed E-state index contributed by atoms with van der Waals surface area (Å²) in [4.78, 5) is 22.2. The van der Waals surface area contributed by atoms with E-state index in [4.69, 9.17) is 8.92 Å². The Labute approximate surface area is 228 Å². The highest BCUT2D eigenvalue weighted by Gasteiger charge is 2.20. The quantitative estimate of drug-likeness (QED) is 0.148. The molecule has 0 bridgehead atoms. The van der Waals surface area contributed by atoms with Gasteiger partial charge in [0.25, 0.3) is 10.1 Å². The Kier molecular flexibility index (Phi) is 9.74. The van der Waals surface area contributed by atoms with Gasteiger partial charge in [-0.05, 0) is 54.1 Å². The van der Waals surface area contributed by atoms with Crippen molar-refractivity contribution in [1.29, 1.82) is 0 Å². The zero-order chi connectivity index (χ0) is 27.5. The number of para-hydroxylation sites is 1. The van der Waals surface area contributed by atoms with Crippen LogP contribution in [0.5, 0.6) is 5.75 Å². The molecule has 0 atom stereocenters. The van der Waals surface area contributed by atoms with Gasteiger partial charge in [-0.1, -0.05) is 36.4 Å². The smallest absolute Gasteiger partial charge is 0.308 e. The zero-order valence-electron chi connectivity index (χ0n) is 21.6. The number of carbonyl (C=O) groups excluding carboxylic acids is 1. The normalized spacial score (nSPS) is 11.3. The number of pyridine rings is 2. The van der Waals surface area contributed by atoms with E-state index in [2.05, 4.69) is 20.2 Å². The van der Waals surface area contributed by atoms with Crippen LogP contribution in [0.4, 0.5) is 5.69 Å². The molecule has 0 saturated heterocycles. The molecule has 4 aromatic rings. The summed E-state index contributed by atoms with van der Waals surface area (Å²) in [5.74, 6) is -0.0499. The van der Waals surface area contributed by atoms with Crippen LogP contribution in [0.3, 0.4) is 0 Å². The maximum Gasteiger partial charge on any atom is 0.308 e. The summed E-state index contributed by atoms with van der Waals surface area (Å²) in [5, 5.41) is 3.26. The molecule has 39 heavy (non-hydrogen) atoms. The number of hydrogen-bond donors (Lipinski definition) is 1. The Morgan fingerprint density at radius 1 is 0.846 bits per heavy atom. The second-order valence-electron chi connectivity index (χ2n) is 8.73. The molecular weight excluding hydrogens is 516 g/mol. The van der Waals surface area contributed by atoms with Crippen molar-refractivity contribution in [1.82, 2.24) is 14.9 Å². The molecule has 10 heteroatoms. The number of benzene rings is 2. The van der Waals surface area contributed by atoms with Gasteiger partial charge in [0.1, 0.15) is 10.6 Å². The Bertz CT molecular complexity index is 1410. The van der Waals surface area contributed by atoms with Gasteiger partial charge in [-0.15, -0.1) is 0 Å². The molecule has 2 aromatic heterocycles. The minimum absolute atomic E-state index is 0.0579. The lowest BCUT2D eigenvalue weighted by molar-refractivity contribution is -0.131. The van der Waals surface area contributed by atoms with Crippen LogP contribution in [-0.4, -0.2) is 42.3 Å². The first kappa shape index (κ1) is 27.9. The van der Waals surface area contributed by atoms with Crippen molar-refractivity contribution >= 4 is 21.8 Å². The molecule has 1 N–H and O–H groups in total. The maximum absolute atomic E-state index is 13.1. The lowest BCUT2D eigenvalue weighted by Crippen LogP contribution is -2.29. The molecule has 0 radical (unpaired) electrons. The predicted octanol–water partition coefficient (Wildman–Crippen LogP) is 4.42.